The van der Waals surface area contributed by atoms with Crippen LogP contribution in [-0.4, -0.2) is 19.9 Å². The number of nitrogens with one attached hydrogen (secondary N) is 2. The molecule has 2 aliphatic rings. The quantitative estimate of drug-likeness (QED) is 0.143. The summed E-state index contributed by atoms with van der Waals surface area (Å²) < 4.78 is 0. The highest BCUT2D eigenvalue weighted by atomic mass is 14.8. The highest BCUT2D eigenvalue weighted by Crippen LogP contribution is 2.40. The van der Waals surface area contributed by atoms with Crippen LogP contribution >= 0.6 is 0 Å². The number of H-pyrrole nitrogens is 2. The van der Waals surface area contributed by atoms with Gasteiger partial charge >= 0.3 is 0 Å². The van der Waals surface area contributed by atoms with Gasteiger partial charge in [-0.3, -0.25) is 0 Å². The SMILES string of the molecule is Nc1ccccc1-c1c2nc(c(-c3ccccc3N)c3ccc([nH]3)c(-c3ccccc3)c3nc(c(-c4ccccc4)c4ccc1[nH]4)C=C3)C=C2. The lowest BCUT2D eigenvalue weighted by molar-refractivity contribution is 1.31. The van der Waals surface area contributed by atoms with E-state index in [0.717, 1.165) is 89.4 Å². The van der Waals surface area contributed by atoms with E-state index in [4.69, 9.17) is 21.4 Å². The number of benzene rings is 4. The number of aromatic nitrogens is 4. The maximum absolute atomic E-state index is 6.66. The summed E-state index contributed by atoms with van der Waals surface area (Å²) in [5, 5.41) is 0. The average molecular weight is 645 g/mol. The van der Waals surface area contributed by atoms with Crippen molar-refractivity contribution in [2.45, 2.75) is 0 Å². The van der Waals surface area contributed by atoms with Crippen LogP contribution in [-0.2, 0) is 0 Å². The lowest BCUT2D eigenvalue weighted by Crippen LogP contribution is -1.94. The highest BCUT2D eigenvalue weighted by Gasteiger charge is 2.20. The molecule has 3 aromatic heterocycles. The number of nitrogens with zero attached hydrogens (tertiary/aromatic N) is 2. The number of hydrogen-bond acceptors (Lipinski definition) is 4. The van der Waals surface area contributed by atoms with Crippen LogP contribution in [0.2, 0.25) is 0 Å². The highest BCUT2D eigenvalue weighted by molar-refractivity contribution is 6.01. The molecule has 6 heteroatoms. The van der Waals surface area contributed by atoms with Crippen LogP contribution in [0.25, 0.3) is 90.9 Å². The van der Waals surface area contributed by atoms with Crippen LogP contribution in [0.15, 0.2) is 133 Å². The standard InChI is InChI=1S/C44H32N6/c45-31-17-9-7-15-29(31)43-37-23-21-35(48-37)41(27-11-3-1-4-12-27)33-19-20-34(47-33)42(28-13-5-2-6-14-28)36-22-24-38(49-36)44(40-26-25-39(43)50-40)30-16-8-10-18-32(30)46/h1-26,48-49H,45-46H2. The van der Waals surface area contributed by atoms with Crippen molar-refractivity contribution in [2.75, 3.05) is 11.5 Å². The van der Waals surface area contributed by atoms with Gasteiger partial charge in [-0.1, -0.05) is 97.1 Å². The molecule has 6 nitrogen and oxygen atoms in total. The smallest absolute Gasteiger partial charge is 0.0738 e. The first-order valence-corrected chi connectivity index (χ1v) is 16.6. The molecule has 0 amide bonds. The van der Waals surface area contributed by atoms with Crippen molar-refractivity contribution in [3.8, 4) is 44.5 Å². The van der Waals surface area contributed by atoms with Gasteiger partial charge < -0.3 is 21.4 Å². The van der Waals surface area contributed by atoms with Gasteiger partial charge in [0, 0.05) is 66.8 Å². The molecule has 0 radical (unpaired) electrons. The van der Waals surface area contributed by atoms with Gasteiger partial charge in [0.15, 0.2) is 0 Å². The Morgan fingerprint density at radius 3 is 1.04 bits per heavy atom. The molecular weight excluding hydrogens is 613 g/mol. The molecule has 6 N–H and O–H groups in total. The lowest BCUT2D eigenvalue weighted by Gasteiger charge is -2.09. The second-order valence-electron chi connectivity index (χ2n) is 12.4. The van der Waals surface area contributed by atoms with Gasteiger partial charge in [0.25, 0.3) is 0 Å². The summed E-state index contributed by atoms with van der Waals surface area (Å²) >= 11 is 0. The van der Waals surface area contributed by atoms with Crippen molar-refractivity contribution in [1.29, 1.82) is 0 Å². The number of rotatable bonds is 4. The fraction of sp³-hybridized carbons (Fsp3) is 0. The zero-order valence-corrected chi connectivity index (χ0v) is 27.1. The normalized spacial score (nSPS) is 12.0. The Hall–Kier alpha value is -6.92. The second kappa shape index (κ2) is 12.0. The molecule has 0 unspecified atom stereocenters. The number of aromatic amines is 2. The van der Waals surface area contributed by atoms with Gasteiger partial charge in [-0.15, -0.1) is 0 Å². The van der Waals surface area contributed by atoms with Gasteiger partial charge in [0.2, 0.25) is 0 Å². The molecule has 5 heterocycles. The van der Waals surface area contributed by atoms with Crippen LogP contribution in [0, 0.1) is 0 Å². The molecule has 0 fully saturated rings. The molecule has 0 aliphatic carbocycles. The molecule has 0 saturated heterocycles. The van der Waals surface area contributed by atoms with Crippen molar-refractivity contribution in [2.24, 2.45) is 0 Å². The lowest BCUT2D eigenvalue weighted by atomic mass is 10.0. The number of nitrogens with two attached hydrogens (primary N) is 2. The van der Waals surface area contributed by atoms with E-state index in [1.165, 1.54) is 0 Å². The molecule has 0 spiro atoms. The van der Waals surface area contributed by atoms with Gasteiger partial charge in [-0.2, -0.15) is 0 Å². The third-order valence-corrected chi connectivity index (χ3v) is 9.34. The van der Waals surface area contributed by atoms with Gasteiger partial charge in [0.1, 0.15) is 0 Å². The summed E-state index contributed by atoms with van der Waals surface area (Å²) in [6.07, 6.45) is 8.34. The van der Waals surface area contributed by atoms with Crippen LogP contribution in [0.5, 0.6) is 0 Å². The summed E-state index contributed by atoms with van der Waals surface area (Å²) in [5.74, 6) is 0. The largest absolute Gasteiger partial charge is 0.398 e. The number of para-hydroxylation sites is 2. The molecule has 9 rings (SSSR count). The Morgan fingerprint density at radius 2 is 0.660 bits per heavy atom. The van der Waals surface area contributed by atoms with Crippen molar-refractivity contribution >= 4 is 57.7 Å². The maximum atomic E-state index is 6.66. The Labute approximate surface area is 289 Å². The molecule has 238 valence electrons. The fourth-order valence-corrected chi connectivity index (χ4v) is 7.04. The van der Waals surface area contributed by atoms with E-state index >= 15 is 0 Å². The van der Waals surface area contributed by atoms with Crippen LogP contribution in [0.4, 0.5) is 11.4 Å². The first-order valence-electron chi connectivity index (χ1n) is 16.6. The predicted molar refractivity (Wildman–Crippen MR) is 209 cm³/mol. The van der Waals surface area contributed by atoms with Crippen molar-refractivity contribution < 1.29 is 0 Å². The average Bonchev–Trinajstić information content (AvgIpc) is 3.98. The van der Waals surface area contributed by atoms with E-state index in [1.807, 2.05) is 60.7 Å². The Morgan fingerprint density at radius 1 is 0.340 bits per heavy atom. The van der Waals surface area contributed by atoms with E-state index in [0.29, 0.717) is 11.4 Å². The third-order valence-electron chi connectivity index (χ3n) is 9.34. The monoisotopic (exact) mass is 644 g/mol. The van der Waals surface area contributed by atoms with E-state index in [1.54, 1.807) is 0 Å². The van der Waals surface area contributed by atoms with Crippen LogP contribution < -0.4 is 11.5 Å². The molecule has 50 heavy (non-hydrogen) atoms. The van der Waals surface area contributed by atoms with E-state index < -0.39 is 0 Å². The van der Waals surface area contributed by atoms with Crippen LogP contribution in [0.3, 0.4) is 0 Å². The molecule has 4 aromatic carbocycles. The Bertz CT molecular complexity index is 2480. The summed E-state index contributed by atoms with van der Waals surface area (Å²) in [7, 11) is 0. The number of nitrogen functional groups attached to an aromatic ring is 2. The maximum Gasteiger partial charge on any atom is 0.0738 e. The summed E-state index contributed by atoms with van der Waals surface area (Å²) in [5.41, 5.74) is 29.4. The first kappa shape index (κ1) is 29.2. The number of fused-ring (bicyclic) bond motifs is 8. The topological polar surface area (TPSA) is 109 Å². The number of anilines is 2. The molecule has 0 atom stereocenters. The first-order chi connectivity index (χ1) is 24.6. The zero-order valence-electron chi connectivity index (χ0n) is 27.1. The van der Waals surface area contributed by atoms with E-state index in [9.17, 15) is 0 Å². The van der Waals surface area contributed by atoms with E-state index in [2.05, 4.69) is 107 Å². The predicted octanol–water partition coefficient (Wildman–Crippen LogP) is 10.5. The van der Waals surface area contributed by atoms with Crippen molar-refractivity contribution in [1.82, 2.24) is 19.9 Å². The summed E-state index contributed by atoms with van der Waals surface area (Å²) in [4.78, 5) is 18.2. The van der Waals surface area contributed by atoms with Crippen molar-refractivity contribution in [3.63, 3.8) is 0 Å². The Balaban J connectivity index is 1.50. The minimum atomic E-state index is 0.668. The van der Waals surface area contributed by atoms with Gasteiger partial charge in [-0.25, -0.2) is 9.97 Å². The zero-order chi connectivity index (χ0) is 33.6. The second-order valence-corrected chi connectivity index (χ2v) is 12.4. The molecule has 0 saturated carbocycles. The fourth-order valence-electron chi connectivity index (χ4n) is 7.04. The number of hydrogen-bond donors (Lipinski definition) is 4. The molecule has 8 bridgehead atoms. The summed E-state index contributed by atoms with van der Waals surface area (Å²) in [6.45, 7) is 0. The molecule has 2 aliphatic heterocycles. The van der Waals surface area contributed by atoms with Crippen molar-refractivity contribution in [3.05, 3.63) is 156 Å². The molecular formula is C44H32N6. The van der Waals surface area contributed by atoms with Gasteiger partial charge in [-0.05, 0) is 71.8 Å². The molecule has 7 aromatic rings. The third kappa shape index (κ3) is 4.98. The van der Waals surface area contributed by atoms with E-state index in [-0.39, 0.29) is 0 Å². The van der Waals surface area contributed by atoms with Crippen LogP contribution in [0.1, 0.15) is 22.8 Å². The van der Waals surface area contributed by atoms with Gasteiger partial charge in [0.05, 0.1) is 22.8 Å². The Kier molecular flexibility index (Phi) is 6.99. The minimum Gasteiger partial charge on any atom is -0.398 e. The summed E-state index contributed by atoms with van der Waals surface area (Å²) in [6, 6.07) is 45.1. The minimum absolute atomic E-state index is 0.668.